The summed E-state index contributed by atoms with van der Waals surface area (Å²) in [5.74, 6) is 0. The first-order valence-electron chi connectivity index (χ1n) is 5.29. The van der Waals surface area contributed by atoms with Gasteiger partial charge in [-0.3, -0.25) is 4.72 Å². The van der Waals surface area contributed by atoms with E-state index in [1.165, 1.54) is 12.3 Å². The van der Waals surface area contributed by atoms with Crippen LogP contribution in [0.25, 0.3) is 0 Å². The Kier molecular flexibility index (Phi) is 4.13. The Morgan fingerprint density at radius 1 is 1.26 bits per heavy atom. The second-order valence-electron chi connectivity index (χ2n) is 3.91. The first kappa shape index (κ1) is 14.3. The molecule has 7 heteroatoms. The molecule has 2 rings (SSSR count). The first-order chi connectivity index (χ1) is 8.88. The highest BCUT2D eigenvalue weighted by Gasteiger charge is 2.19. The number of hydrogen-bond acceptors (Lipinski definition) is 3. The summed E-state index contributed by atoms with van der Waals surface area (Å²) in [6, 6.07) is 8.42. The fourth-order valence-electron chi connectivity index (χ4n) is 1.42. The summed E-state index contributed by atoms with van der Waals surface area (Å²) in [7, 11) is -3.75. The van der Waals surface area contributed by atoms with Gasteiger partial charge in [-0.2, -0.15) is 0 Å². The van der Waals surface area contributed by atoms with Crippen LogP contribution < -0.4 is 4.72 Å². The van der Waals surface area contributed by atoms with Crippen molar-refractivity contribution >= 4 is 43.2 Å². The minimum atomic E-state index is -3.75. The molecule has 0 fully saturated rings. The van der Waals surface area contributed by atoms with Gasteiger partial charge >= 0.3 is 0 Å². The van der Waals surface area contributed by atoms with Crippen molar-refractivity contribution in [3.05, 3.63) is 51.7 Å². The maximum atomic E-state index is 12.2. The molecule has 1 heterocycles. The lowest BCUT2D eigenvalue weighted by atomic mass is 10.2. The number of pyridine rings is 1. The number of nitrogens with zero attached hydrogens (tertiary/aromatic N) is 1. The van der Waals surface area contributed by atoms with Crippen LogP contribution in [-0.4, -0.2) is 13.4 Å². The van der Waals surface area contributed by atoms with Crippen molar-refractivity contribution in [1.29, 1.82) is 0 Å². The summed E-state index contributed by atoms with van der Waals surface area (Å²) in [6.45, 7) is 1.92. The molecule has 1 N–H and O–H groups in total. The summed E-state index contributed by atoms with van der Waals surface area (Å²) in [5.41, 5.74) is 1.52. The van der Waals surface area contributed by atoms with Gasteiger partial charge in [-0.1, -0.05) is 29.3 Å². The van der Waals surface area contributed by atoms with E-state index in [4.69, 9.17) is 11.6 Å². The lowest BCUT2D eigenvalue weighted by molar-refractivity contribution is 0.601. The molecular weight excluding hydrogens is 352 g/mol. The Labute approximate surface area is 125 Å². The molecule has 100 valence electrons. The monoisotopic (exact) mass is 360 g/mol. The van der Waals surface area contributed by atoms with Crippen LogP contribution in [0.5, 0.6) is 0 Å². The number of halogens is 2. The highest BCUT2D eigenvalue weighted by molar-refractivity contribution is 9.10. The van der Waals surface area contributed by atoms with Crippen molar-refractivity contribution in [2.75, 3.05) is 4.72 Å². The summed E-state index contributed by atoms with van der Waals surface area (Å²) in [5, 5.41) is -0.0668. The Bertz CT molecular complexity index is 702. The largest absolute Gasteiger partial charge is 0.280 e. The van der Waals surface area contributed by atoms with Crippen LogP contribution in [0.4, 0.5) is 5.69 Å². The highest BCUT2D eigenvalue weighted by atomic mass is 79.9. The number of aromatic nitrogens is 1. The van der Waals surface area contributed by atoms with Gasteiger partial charge in [0.05, 0.1) is 0 Å². The van der Waals surface area contributed by atoms with Crippen molar-refractivity contribution < 1.29 is 8.42 Å². The van der Waals surface area contributed by atoms with Crippen molar-refractivity contribution in [2.24, 2.45) is 0 Å². The van der Waals surface area contributed by atoms with Crippen LogP contribution in [0.1, 0.15) is 5.56 Å². The fourth-order valence-corrected chi connectivity index (χ4v) is 3.43. The molecule has 0 saturated heterocycles. The van der Waals surface area contributed by atoms with Gasteiger partial charge in [-0.15, -0.1) is 0 Å². The molecule has 0 aliphatic heterocycles. The Morgan fingerprint density at radius 3 is 2.53 bits per heavy atom. The smallest absolute Gasteiger partial charge is 0.265 e. The van der Waals surface area contributed by atoms with Crippen LogP contribution in [0.15, 0.2) is 45.9 Å². The number of rotatable bonds is 3. The topological polar surface area (TPSA) is 59.1 Å². The van der Waals surface area contributed by atoms with Crippen LogP contribution in [0.2, 0.25) is 5.15 Å². The molecule has 2 aromatic rings. The van der Waals surface area contributed by atoms with E-state index in [0.29, 0.717) is 10.2 Å². The standard InChI is InChI=1S/C12H10BrClN2O2S/c1-8-2-4-10(5-3-8)16-19(17,18)11-6-9(13)7-15-12(11)14/h2-7,16H,1H3. The Balaban J connectivity index is 2.37. The third kappa shape index (κ3) is 3.46. The Morgan fingerprint density at radius 2 is 1.89 bits per heavy atom. The summed E-state index contributed by atoms with van der Waals surface area (Å²) in [4.78, 5) is 3.73. The van der Waals surface area contributed by atoms with E-state index >= 15 is 0 Å². The molecular formula is C12H10BrClN2O2S. The van der Waals surface area contributed by atoms with Crippen molar-refractivity contribution in [1.82, 2.24) is 4.98 Å². The molecule has 0 aliphatic rings. The van der Waals surface area contributed by atoms with Crippen LogP contribution >= 0.6 is 27.5 Å². The normalized spacial score (nSPS) is 11.3. The molecule has 0 radical (unpaired) electrons. The number of anilines is 1. The van der Waals surface area contributed by atoms with Gasteiger partial charge in [0, 0.05) is 16.4 Å². The molecule has 4 nitrogen and oxygen atoms in total. The van der Waals surface area contributed by atoms with E-state index in [1.54, 1.807) is 12.1 Å². The van der Waals surface area contributed by atoms with E-state index in [-0.39, 0.29) is 10.0 Å². The molecule has 1 aromatic carbocycles. The van der Waals surface area contributed by atoms with Crippen LogP contribution in [0, 0.1) is 6.92 Å². The zero-order valence-corrected chi connectivity index (χ0v) is 13.1. The highest BCUT2D eigenvalue weighted by Crippen LogP contribution is 2.24. The molecule has 0 bridgehead atoms. The third-order valence-corrected chi connectivity index (χ3v) is 4.61. The maximum absolute atomic E-state index is 12.2. The number of sulfonamides is 1. The Hall–Kier alpha value is -1.11. The minimum Gasteiger partial charge on any atom is -0.280 e. The number of hydrogen-bond donors (Lipinski definition) is 1. The predicted molar refractivity (Wildman–Crippen MR) is 78.9 cm³/mol. The average Bonchev–Trinajstić information content (AvgIpc) is 2.35. The lowest BCUT2D eigenvalue weighted by Gasteiger charge is -2.09. The number of nitrogens with one attached hydrogen (secondary N) is 1. The van der Waals surface area contributed by atoms with E-state index < -0.39 is 10.0 Å². The second kappa shape index (κ2) is 5.48. The predicted octanol–water partition coefficient (Wildman–Crippen LogP) is 3.61. The van der Waals surface area contributed by atoms with Gasteiger partial charge in [-0.25, -0.2) is 13.4 Å². The zero-order valence-electron chi connectivity index (χ0n) is 9.89. The van der Waals surface area contributed by atoms with Crippen molar-refractivity contribution in [3.8, 4) is 0 Å². The van der Waals surface area contributed by atoms with Gasteiger partial charge in [0.25, 0.3) is 10.0 Å². The lowest BCUT2D eigenvalue weighted by Crippen LogP contribution is -2.14. The molecule has 0 unspecified atom stereocenters. The van der Waals surface area contributed by atoms with E-state index in [2.05, 4.69) is 25.6 Å². The van der Waals surface area contributed by atoms with Gasteiger partial charge in [-0.05, 0) is 41.1 Å². The molecule has 0 spiro atoms. The average molecular weight is 362 g/mol. The van der Waals surface area contributed by atoms with Gasteiger partial charge < -0.3 is 0 Å². The number of aryl methyl sites for hydroxylation is 1. The third-order valence-electron chi connectivity index (χ3n) is 2.37. The summed E-state index contributed by atoms with van der Waals surface area (Å²) in [6.07, 6.45) is 1.44. The zero-order chi connectivity index (χ0) is 14.0. The summed E-state index contributed by atoms with van der Waals surface area (Å²) < 4.78 is 27.4. The molecule has 0 atom stereocenters. The molecule has 0 amide bonds. The second-order valence-corrected chi connectivity index (χ2v) is 6.84. The molecule has 0 aliphatic carbocycles. The van der Waals surface area contributed by atoms with Crippen LogP contribution in [0.3, 0.4) is 0 Å². The van der Waals surface area contributed by atoms with E-state index in [0.717, 1.165) is 5.56 Å². The fraction of sp³-hybridized carbons (Fsp3) is 0.0833. The van der Waals surface area contributed by atoms with Gasteiger partial charge in [0.2, 0.25) is 0 Å². The SMILES string of the molecule is Cc1ccc(NS(=O)(=O)c2cc(Br)cnc2Cl)cc1. The quantitative estimate of drug-likeness (QED) is 0.850. The van der Waals surface area contributed by atoms with Crippen molar-refractivity contribution in [2.45, 2.75) is 11.8 Å². The van der Waals surface area contributed by atoms with Crippen LogP contribution in [-0.2, 0) is 10.0 Å². The van der Waals surface area contributed by atoms with Crippen molar-refractivity contribution in [3.63, 3.8) is 0 Å². The molecule has 0 saturated carbocycles. The van der Waals surface area contributed by atoms with E-state index in [9.17, 15) is 8.42 Å². The van der Waals surface area contributed by atoms with E-state index in [1.807, 2.05) is 19.1 Å². The summed E-state index contributed by atoms with van der Waals surface area (Å²) >= 11 is 8.99. The van der Waals surface area contributed by atoms with Gasteiger partial charge in [0.15, 0.2) is 0 Å². The molecule has 19 heavy (non-hydrogen) atoms. The first-order valence-corrected chi connectivity index (χ1v) is 7.94. The molecule has 1 aromatic heterocycles. The number of benzene rings is 1. The minimum absolute atomic E-state index is 0.0656. The van der Waals surface area contributed by atoms with Gasteiger partial charge in [0.1, 0.15) is 10.0 Å². The maximum Gasteiger partial charge on any atom is 0.265 e.